The lowest BCUT2D eigenvalue weighted by Gasteiger charge is -2.17. The van der Waals surface area contributed by atoms with Crippen molar-refractivity contribution in [3.63, 3.8) is 0 Å². The molecule has 0 saturated heterocycles. The fourth-order valence-corrected chi connectivity index (χ4v) is 4.88. The first-order valence-electron chi connectivity index (χ1n) is 10.0. The van der Waals surface area contributed by atoms with Gasteiger partial charge in [-0.25, -0.2) is 4.98 Å². The zero-order chi connectivity index (χ0) is 23.5. The number of hydrogen-bond acceptors (Lipinski definition) is 5. The van der Waals surface area contributed by atoms with Gasteiger partial charge in [0.15, 0.2) is 11.2 Å². The smallest absolute Gasteiger partial charge is 0.266 e. The van der Waals surface area contributed by atoms with E-state index < -0.39 is 12.0 Å². The molecule has 1 aromatic heterocycles. The average molecular weight is 516 g/mol. The highest BCUT2D eigenvalue weighted by Gasteiger charge is 2.18. The molecule has 0 saturated carbocycles. The van der Waals surface area contributed by atoms with E-state index in [0.717, 1.165) is 32.0 Å². The molecule has 5 nitrogen and oxygen atoms in total. The Labute approximate surface area is 210 Å². The van der Waals surface area contributed by atoms with Gasteiger partial charge in [0.1, 0.15) is 10.8 Å². The average Bonchev–Trinajstić information content (AvgIpc) is 3.21. The van der Waals surface area contributed by atoms with Crippen LogP contribution in [-0.4, -0.2) is 22.1 Å². The summed E-state index contributed by atoms with van der Waals surface area (Å²) in [5.41, 5.74) is 3.73. The number of carbonyl (C=O) groups excluding carboxylic acids is 1. The lowest BCUT2D eigenvalue weighted by atomic mass is 10.1. The molecule has 0 aliphatic heterocycles. The third-order valence-electron chi connectivity index (χ3n) is 4.91. The summed E-state index contributed by atoms with van der Waals surface area (Å²) >= 11 is 19.0. The summed E-state index contributed by atoms with van der Waals surface area (Å²) in [5, 5.41) is 7.66. The van der Waals surface area contributed by atoms with Gasteiger partial charge in [-0.05, 0) is 68.0 Å². The zero-order valence-electron chi connectivity index (χ0n) is 17.7. The second-order valence-corrected chi connectivity index (χ2v) is 9.53. The minimum Gasteiger partial charge on any atom is -0.479 e. The van der Waals surface area contributed by atoms with E-state index in [0.29, 0.717) is 15.8 Å². The predicted octanol–water partition coefficient (Wildman–Crippen LogP) is 6.86. The highest BCUT2D eigenvalue weighted by atomic mass is 35.5. The zero-order valence-corrected chi connectivity index (χ0v) is 20.8. The van der Waals surface area contributed by atoms with Gasteiger partial charge in [0, 0.05) is 16.3 Å². The largest absolute Gasteiger partial charge is 0.479 e. The predicted molar refractivity (Wildman–Crippen MR) is 141 cm³/mol. The van der Waals surface area contributed by atoms with Crippen LogP contribution < -0.4 is 15.4 Å². The van der Waals surface area contributed by atoms with Crippen LogP contribution in [0, 0.1) is 6.92 Å². The molecule has 0 aliphatic carbocycles. The number of ether oxygens (including phenoxy) is 1. The molecular formula is C24H19Cl2N3O2S2. The summed E-state index contributed by atoms with van der Waals surface area (Å²) in [7, 11) is 0. The van der Waals surface area contributed by atoms with Crippen LogP contribution in [0.5, 0.6) is 5.75 Å². The molecule has 0 bridgehead atoms. The normalized spacial score (nSPS) is 11.8. The molecule has 0 radical (unpaired) electrons. The lowest BCUT2D eigenvalue weighted by molar-refractivity contribution is -0.125. The van der Waals surface area contributed by atoms with E-state index in [-0.39, 0.29) is 5.11 Å². The van der Waals surface area contributed by atoms with E-state index in [9.17, 15) is 4.79 Å². The number of halogens is 2. The van der Waals surface area contributed by atoms with Crippen molar-refractivity contribution in [1.29, 1.82) is 0 Å². The van der Waals surface area contributed by atoms with Crippen LogP contribution in [-0.2, 0) is 4.79 Å². The minimum atomic E-state index is -0.821. The van der Waals surface area contributed by atoms with Gasteiger partial charge in [-0.3, -0.25) is 10.1 Å². The first-order valence-corrected chi connectivity index (χ1v) is 12.0. The molecule has 4 aromatic rings. The van der Waals surface area contributed by atoms with Crippen LogP contribution in [0.1, 0.15) is 12.5 Å². The first kappa shape index (κ1) is 23.4. The van der Waals surface area contributed by atoms with E-state index in [1.807, 2.05) is 43.3 Å². The second kappa shape index (κ2) is 10.1. The first-order chi connectivity index (χ1) is 15.8. The van der Waals surface area contributed by atoms with E-state index in [1.54, 1.807) is 36.5 Å². The van der Waals surface area contributed by atoms with Crippen LogP contribution >= 0.6 is 46.8 Å². The Morgan fingerprint density at radius 2 is 1.91 bits per heavy atom. The highest BCUT2D eigenvalue weighted by molar-refractivity contribution is 7.80. The van der Waals surface area contributed by atoms with Crippen molar-refractivity contribution in [3.8, 4) is 16.3 Å². The molecule has 1 unspecified atom stereocenters. The number of rotatable bonds is 5. The maximum Gasteiger partial charge on any atom is 0.266 e. The Balaban J connectivity index is 1.44. The Hall–Kier alpha value is -2.71. The molecule has 4 rings (SSSR count). The molecule has 0 spiro atoms. The lowest BCUT2D eigenvalue weighted by Crippen LogP contribution is -2.42. The monoisotopic (exact) mass is 515 g/mol. The maximum absolute atomic E-state index is 12.6. The molecule has 1 amide bonds. The number of fused-ring (bicyclic) bond motifs is 1. The Morgan fingerprint density at radius 3 is 2.67 bits per heavy atom. The third-order valence-corrected chi connectivity index (χ3v) is 6.71. The number of anilines is 1. The SMILES string of the molecule is Cc1c(NC(=S)NC(=O)C(C)Oc2ccc(Cl)cc2Cl)cccc1-c1nc2ccccc2s1. The van der Waals surface area contributed by atoms with Gasteiger partial charge in [0.25, 0.3) is 5.91 Å². The molecule has 9 heteroatoms. The van der Waals surface area contributed by atoms with Crippen molar-refractivity contribution in [2.75, 3.05) is 5.32 Å². The summed E-state index contributed by atoms with van der Waals surface area (Å²) in [5.74, 6) is -0.0412. The van der Waals surface area contributed by atoms with Crippen molar-refractivity contribution >= 4 is 73.7 Å². The van der Waals surface area contributed by atoms with E-state index in [4.69, 9.17) is 45.1 Å². The molecule has 1 atom stereocenters. The molecule has 33 heavy (non-hydrogen) atoms. The maximum atomic E-state index is 12.6. The minimum absolute atomic E-state index is 0.169. The number of thiazole rings is 1. The number of benzene rings is 3. The van der Waals surface area contributed by atoms with Gasteiger partial charge >= 0.3 is 0 Å². The van der Waals surface area contributed by atoms with Gasteiger partial charge in [0.2, 0.25) is 0 Å². The van der Waals surface area contributed by atoms with Crippen LogP contribution in [0.3, 0.4) is 0 Å². The number of para-hydroxylation sites is 1. The number of amides is 1. The summed E-state index contributed by atoms with van der Waals surface area (Å²) in [6.07, 6.45) is -0.821. The van der Waals surface area contributed by atoms with Crippen LogP contribution in [0.4, 0.5) is 5.69 Å². The summed E-state index contributed by atoms with van der Waals surface area (Å²) in [4.78, 5) is 17.3. The summed E-state index contributed by atoms with van der Waals surface area (Å²) < 4.78 is 6.77. The standard InChI is InChI=1S/C24H19Cl2N3O2S2/c1-13-16(23-27-19-7-3-4-9-21(19)33-23)6-5-8-18(13)28-24(32)29-22(30)14(2)31-20-11-10-15(25)12-17(20)26/h3-12,14H,1-2H3,(H2,28,29,30,32). The molecule has 2 N–H and O–H groups in total. The van der Waals surface area contributed by atoms with Gasteiger partial charge in [0.05, 0.1) is 15.2 Å². The Bertz CT molecular complexity index is 1320. The summed E-state index contributed by atoms with van der Waals surface area (Å²) in [6, 6.07) is 18.7. The fourth-order valence-electron chi connectivity index (χ4n) is 3.17. The third kappa shape index (κ3) is 5.45. The number of thiocarbonyl (C=S) groups is 1. The van der Waals surface area contributed by atoms with E-state index >= 15 is 0 Å². The quantitative estimate of drug-likeness (QED) is 0.284. The Morgan fingerprint density at radius 1 is 1.12 bits per heavy atom. The van der Waals surface area contributed by atoms with Crippen LogP contribution in [0.15, 0.2) is 60.7 Å². The molecule has 3 aromatic carbocycles. The second-order valence-electron chi connectivity index (χ2n) is 7.24. The Kier molecular flexibility index (Phi) is 7.14. The van der Waals surface area contributed by atoms with E-state index in [1.165, 1.54) is 0 Å². The number of carbonyl (C=O) groups is 1. The van der Waals surface area contributed by atoms with Crippen molar-refractivity contribution < 1.29 is 9.53 Å². The van der Waals surface area contributed by atoms with Crippen LogP contribution in [0.25, 0.3) is 20.8 Å². The number of aromatic nitrogens is 1. The van der Waals surface area contributed by atoms with Crippen molar-refractivity contribution in [1.82, 2.24) is 10.3 Å². The number of nitrogens with zero attached hydrogens (tertiary/aromatic N) is 1. The number of hydrogen-bond donors (Lipinski definition) is 2. The van der Waals surface area contributed by atoms with Crippen molar-refractivity contribution in [2.45, 2.75) is 20.0 Å². The topological polar surface area (TPSA) is 63.2 Å². The van der Waals surface area contributed by atoms with Crippen LogP contribution in [0.2, 0.25) is 10.0 Å². The van der Waals surface area contributed by atoms with Gasteiger partial charge in [-0.2, -0.15) is 0 Å². The van der Waals surface area contributed by atoms with Gasteiger partial charge < -0.3 is 10.1 Å². The number of nitrogens with one attached hydrogen (secondary N) is 2. The van der Waals surface area contributed by atoms with Crippen molar-refractivity contribution in [2.24, 2.45) is 0 Å². The fraction of sp³-hybridized carbons (Fsp3) is 0.125. The molecule has 0 aliphatic rings. The molecule has 1 heterocycles. The summed E-state index contributed by atoms with van der Waals surface area (Å²) in [6.45, 7) is 3.60. The highest BCUT2D eigenvalue weighted by Crippen LogP contribution is 2.34. The molecule has 0 fully saturated rings. The van der Waals surface area contributed by atoms with Gasteiger partial charge in [-0.1, -0.05) is 47.5 Å². The van der Waals surface area contributed by atoms with Crippen molar-refractivity contribution in [3.05, 3.63) is 76.3 Å². The molecule has 168 valence electrons. The van der Waals surface area contributed by atoms with Gasteiger partial charge in [-0.15, -0.1) is 11.3 Å². The molecular weight excluding hydrogens is 497 g/mol. The van der Waals surface area contributed by atoms with E-state index in [2.05, 4.69) is 16.7 Å².